The predicted octanol–water partition coefficient (Wildman–Crippen LogP) is 4.32. The molecule has 0 spiro atoms. The molecule has 1 N–H and O–H groups in total. The molecule has 1 aliphatic heterocycles. The lowest BCUT2D eigenvalue weighted by molar-refractivity contribution is 0.160. The van der Waals surface area contributed by atoms with Crippen LogP contribution in [0.15, 0.2) is 12.1 Å². The van der Waals surface area contributed by atoms with Gasteiger partial charge in [-0.05, 0) is 73.7 Å². The average Bonchev–Trinajstić information content (AvgIpc) is 2.76. The van der Waals surface area contributed by atoms with Crippen molar-refractivity contribution < 1.29 is 4.39 Å². The number of halogens is 2. The van der Waals surface area contributed by atoms with Crippen molar-refractivity contribution in [3.05, 3.63) is 26.3 Å². The molecule has 0 amide bonds. The van der Waals surface area contributed by atoms with Crippen LogP contribution in [0.1, 0.15) is 26.2 Å². The number of hydrogen-bond acceptors (Lipinski definition) is 2. The zero-order valence-corrected chi connectivity index (χ0v) is 15.0. The molecule has 2 heterocycles. The highest BCUT2D eigenvalue weighted by molar-refractivity contribution is 14.1. The van der Waals surface area contributed by atoms with Gasteiger partial charge in [-0.2, -0.15) is 0 Å². The second-order valence-electron chi connectivity index (χ2n) is 5.77. The third-order valence-corrected chi connectivity index (χ3v) is 5.43. The van der Waals surface area contributed by atoms with Gasteiger partial charge in [-0.15, -0.1) is 0 Å². The minimum atomic E-state index is -0.184. The van der Waals surface area contributed by atoms with Gasteiger partial charge in [-0.3, -0.25) is 4.90 Å². The smallest absolute Gasteiger partial charge is 0.178 e. The van der Waals surface area contributed by atoms with E-state index in [0.29, 0.717) is 14.4 Å². The Kier molecular flexibility index (Phi) is 4.66. The molecule has 0 saturated carbocycles. The van der Waals surface area contributed by atoms with Crippen LogP contribution in [0.4, 0.5) is 4.39 Å². The molecule has 1 unspecified atom stereocenters. The maximum Gasteiger partial charge on any atom is 0.178 e. The first-order valence-corrected chi connectivity index (χ1v) is 8.86. The van der Waals surface area contributed by atoms with Crippen molar-refractivity contribution in [2.24, 2.45) is 0 Å². The lowest BCUT2D eigenvalue weighted by Crippen LogP contribution is -2.39. The van der Waals surface area contributed by atoms with Crippen LogP contribution in [0.25, 0.3) is 11.0 Å². The summed E-state index contributed by atoms with van der Waals surface area (Å²) in [6.07, 6.45) is 3.88. The molecule has 1 aliphatic rings. The fraction of sp³-hybridized carbons (Fsp3) is 0.533. The zero-order chi connectivity index (χ0) is 15.0. The normalized spacial score (nSPS) is 18.2. The fourth-order valence-corrected chi connectivity index (χ4v) is 3.82. The minimum Gasteiger partial charge on any atom is -0.331 e. The quantitative estimate of drug-likeness (QED) is 0.592. The summed E-state index contributed by atoms with van der Waals surface area (Å²) >= 11 is 7.43. The molecular formula is C15H19FIN3S. The van der Waals surface area contributed by atoms with Crippen molar-refractivity contribution in [1.29, 1.82) is 0 Å². The molecule has 1 fully saturated rings. The van der Waals surface area contributed by atoms with Crippen LogP contribution in [-0.2, 0) is 6.54 Å². The maximum absolute atomic E-state index is 13.9. The van der Waals surface area contributed by atoms with Gasteiger partial charge in [0.2, 0.25) is 0 Å². The Morgan fingerprint density at radius 1 is 1.33 bits per heavy atom. The van der Waals surface area contributed by atoms with E-state index in [4.69, 9.17) is 12.2 Å². The first-order valence-electron chi connectivity index (χ1n) is 7.38. The van der Waals surface area contributed by atoms with Gasteiger partial charge in [-0.25, -0.2) is 4.39 Å². The SMILES string of the molecule is CC(Cn1c(=S)[nH]c2cc(I)c(F)cc21)N1CCCCC1. The number of piperidine rings is 1. The predicted molar refractivity (Wildman–Crippen MR) is 94.7 cm³/mol. The third kappa shape index (κ3) is 3.17. The number of imidazole rings is 1. The number of rotatable bonds is 3. The molecule has 2 aromatic rings. The molecule has 114 valence electrons. The largest absolute Gasteiger partial charge is 0.331 e. The molecular weight excluding hydrogens is 400 g/mol. The molecule has 0 aliphatic carbocycles. The van der Waals surface area contributed by atoms with E-state index < -0.39 is 0 Å². The summed E-state index contributed by atoms with van der Waals surface area (Å²) in [4.78, 5) is 5.70. The summed E-state index contributed by atoms with van der Waals surface area (Å²) in [6.45, 7) is 5.35. The minimum absolute atomic E-state index is 0.184. The monoisotopic (exact) mass is 419 g/mol. The van der Waals surface area contributed by atoms with Crippen LogP contribution in [0.2, 0.25) is 0 Å². The molecule has 1 aromatic heterocycles. The van der Waals surface area contributed by atoms with Gasteiger partial charge in [0, 0.05) is 18.7 Å². The van der Waals surface area contributed by atoms with Gasteiger partial charge < -0.3 is 9.55 Å². The van der Waals surface area contributed by atoms with E-state index in [9.17, 15) is 4.39 Å². The maximum atomic E-state index is 13.9. The molecule has 1 aromatic carbocycles. The van der Waals surface area contributed by atoms with E-state index in [0.717, 1.165) is 30.7 Å². The molecule has 3 nitrogen and oxygen atoms in total. The van der Waals surface area contributed by atoms with Gasteiger partial charge >= 0.3 is 0 Å². The van der Waals surface area contributed by atoms with Crippen LogP contribution < -0.4 is 0 Å². The van der Waals surface area contributed by atoms with Crippen LogP contribution in [0, 0.1) is 14.2 Å². The number of likely N-dealkylation sites (tertiary alicyclic amines) is 1. The van der Waals surface area contributed by atoms with Crippen molar-refractivity contribution in [2.45, 2.75) is 38.8 Å². The van der Waals surface area contributed by atoms with Gasteiger partial charge in [0.05, 0.1) is 14.6 Å². The number of aromatic nitrogens is 2. The second kappa shape index (κ2) is 6.34. The molecule has 0 bridgehead atoms. The summed E-state index contributed by atoms with van der Waals surface area (Å²) in [6, 6.07) is 3.83. The van der Waals surface area contributed by atoms with Crippen LogP contribution in [0.5, 0.6) is 0 Å². The second-order valence-corrected chi connectivity index (χ2v) is 7.32. The van der Waals surface area contributed by atoms with Gasteiger partial charge in [0.1, 0.15) is 5.82 Å². The van der Waals surface area contributed by atoms with Crippen LogP contribution >= 0.6 is 34.8 Å². The van der Waals surface area contributed by atoms with E-state index in [1.165, 1.54) is 19.3 Å². The van der Waals surface area contributed by atoms with Crippen molar-refractivity contribution >= 4 is 45.8 Å². The van der Waals surface area contributed by atoms with Crippen molar-refractivity contribution in [3.8, 4) is 0 Å². The van der Waals surface area contributed by atoms with Crippen LogP contribution in [0.3, 0.4) is 0 Å². The Bertz CT molecular complexity index is 703. The molecule has 3 rings (SSSR count). The molecule has 0 radical (unpaired) electrons. The summed E-state index contributed by atoms with van der Waals surface area (Å²) in [5.41, 5.74) is 1.78. The average molecular weight is 419 g/mol. The van der Waals surface area contributed by atoms with E-state index in [-0.39, 0.29) is 5.82 Å². The lowest BCUT2D eigenvalue weighted by Gasteiger charge is -2.32. The van der Waals surface area contributed by atoms with Gasteiger partial charge in [0.25, 0.3) is 0 Å². The molecule has 6 heteroatoms. The number of nitrogens with zero attached hydrogens (tertiary/aromatic N) is 2. The Hall–Kier alpha value is -0.470. The number of benzene rings is 1. The number of fused-ring (bicyclic) bond motifs is 1. The van der Waals surface area contributed by atoms with Gasteiger partial charge in [-0.1, -0.05) is 6.42 Å². The number of H-pyrrole nitrogens is 1. The molecule has 21 heavy (non-hydrogen) atoms. The van der Waals surface area contributed by atoms with E-state index >= 15 is 0 Å². The number of hydrogen-bond donors (Lipinski definition) is 1. The third-order valence-electron chi connectivity index (χ3n) is 4.28. The Balaban J connectivity index is 1.91. The highest BCUT2D eigenvalue weighted by Crippen LogP contribution is 2.22. The number of nitrogens with one attached hydrogen (secondary N) is 1. The fourth-order valence-electron chi connectivity index (χ4n) is 3.07. The van der Waals surface area contributed by atoms with Gasteiger partial charge in [0.15, 0.2) is 4.77 Å². The van der Waals surface area contributed by atoms with E-state index in [1.807, 2.05) is 33.2 Å². The standard InChI is InChI=1S/C15H19FIN3S/c1-10(19-5-3-2-4-6-19)9-20-14-7-11(16)12(17)8-13(14)18-15(20)21/h7-8,10H,2-6,9H2,1H3,(H,18,21). The summed E-state index contributed by atoms with van der Waals surface area (Å²) in [5.74, 6) is -0.184. The topological polar surface area (TPSA) is 24.0 Å². The highest BCUT2D eigenvalue weighted by Gasteiger charge is 2.18. The first-order chi connectivity index (χ1) is 10.1. The summed E-state index contributed by atoms with van der Waals surface area (Å²) in [7, 11) is 0. The van der Waals surface area contributed by atoms with Crippen molar-refractivity contribution in [3.63, 3.8) is 0 Å². The Morgan fingerprint density at radius 3 is 2.76 bits per heavy atom. The van der Waals surface area contributed by atoms with Crippen LogP contribution in [-0.4, -0.2) is 33.6 Å². The summed E-state index contributed by atoms with van der Waals surface area (Å²) in [5, 5.41) is 0. The van der Waals surface area contributed by atoms with E-state index in [2.05, 4.69) is 16.8 Å². The summed E-state index contributed by atoms with van der Waals surface area (Å²) < 4.78 is 17.2. The number of aromatic amines is 1. The lowest BCUT2D eigenvalue weighted by atomic mass is 10.1. The molecule has 1 saturated heterocycles. The first kappa shape index (κ1) is 15.4. The van der Waals surface area contributed by atoms with E-state index in [1.54, 1.807) is 6.07 Å². The Labute approximate surface area is 142 Å². The Morgan fingerprint density at radius 2 is 2.05 bits per heavy atom. The zero-order valence-electron chi connectivity index (χ0n) is 12.0. The highest BCUT2D eigenvalue weighted by atomic mass is 127. The van der Waals surface area contributed by atoms with Crippen molar-refractivity contribution in [2.75, 3.05) is 13.1 Å². The van der Waals surface area contributed by atoms with Crippen molar-refractivity contribution in [1.82, 2.24) is 14.5 Å². The molecule has 1 atom stereocenters.